The van der Waals surface area contributed by atoms with E-state index in [2.05, 4.69) is 0 Å². The zero-order valence-electron chi connectivity index (χ0n) is 12.5. The summed E-state index contributed by atoms with van der Waals surface area (Å²) in [4.78, 5) is 14.2. The van der Waals surface area contributed by atoms with Crippen molar-refractivity contribution < 1.29 is 13.9 Å². The highest BCUT2D eigenvalue weighted by molar-refractivity contribution is 6.31. The Morgan fingerprint density at radius 2 is 1.70 bits per heavy atom. The van der Waals surface area contributed by atoms with E-state index in [9.17, 15) is 9.18 Å². The molecule has 0 radical (unpaired) electrons. The van der Waals surface area contributed by atoms with E-state index in [-0.39, 0.29) is 16.3 Å². The van der Waals surface area contributed by atoms with Gasteiger partial charge in [-0.1, -0.05) is 23.2 Å². The third-order valence-corrected chi connectivity index (χ3v) is 3.30. The van der Waals surface area contributed by atoms with E-state index < -0.39 is 11.6 Å². The molecular weight excluding hydrogens is 340 g/mol. The molecule has 0 atom stereocenters. The molecule has 0 bridgehead atoms. The second kappa shape index (κ2) is 7.49. The lowest BCUT2D eigenvalue weighted by atomic mass is 10.1. The number of benzene rings is 2. The Balaban J connectivity index is 2.34. The Morgan fingerprint density at radius 3 is 2.26 bits per heavy atom. The molecule has 3 nitrogen and oxygen atoms in total. The molecule has 0 heterocycles. The first-order chi connectivity index (χ1) is 10.9. The van der Waals surface area contributed by atoms with Crippen molar-refractivity contribution in [3.05, 3.63) is 75.8 Å². The quantitative estimate of drug-likeness (QED) is 0.439. The maximum absolute atomic E-state index is 14.0. The molecule has 0 saturated heterocycles. The highest BCUT2D eigenvalue weighted by Gasteiger charge is 2.19. The molecule has 2 aromatic rings. The summed E-state index contributed by atoms with van der Waals surface area (Å²) in [5, 5.41) is 0.765. The normalized spacial score (nSPS) is 11.3. The number of Topliss-reactive ketones (excluding diaryl/α,β-unsaturated/α-hetero) is 1. The second-order valence-corrected chi connectivity index (χ2v) is 5.84. The third kappa shape index (κ3) is 4.71. The van der Waals surface area contributed by atoms with Crippen LogP contribution in [0.4, 0.5) is 4.39 Å². The largest absolute Gasteiger partial charge is 0.452 e. The van der Waals surface area contributed by atoms with E-state index in [1.807, 2.05) is 0 Å². The van der Waals surface area contributed by atoms with E-state index in [0.29, 0.717) is 10.8 Å². The maximum atomic E-state index is 14.0. The van der Waals surface area contributed by atoms with E-state index in [1.165, 1.54) is 18.3 Å². The van der Waals surface area contributed by atoms with Gasteiger partial charge in [0.05, 0.1) is 5.56 Å². The van der Waals surface area contributed by atoms with Crippen LogP contribution >= 0.6 is 23.2 Å². The molecule has 23 heavy (non-hydrogen) atoms. The number of rotatable bonds is 5. The zero-order chi connectivity index (χ0) is 17.0. The Labute approximate surface area is 143 Å². The maximum Gasteiger partial charge on any atom is 0.232 e. The van der Waals surface area contributed by atoms with E-state index in [1.54, 1.807) is 43.3 Å². The molecule has 0 unspecified atom stereocenters. The lowest BCUT2D eigenvalue weighted by Crippen LogP contribution is -2.15. The minimum atomic E-state index is -0.702. The molecular formula is C17H14Cl2FNO2. The highest BCUT2D eigenvalue weighted by atomic mass is 35.5. The molecule has 2 rings (SSSR count). The summed E-state index contributed by atoms with van der Waals surface area (Å²) in [6.45, 7) is 0. The third-order valence-electron chi connectivity index (χ3n) is 2.82. The number of ether oxygens (including phenoxy) is 1. The monoisotopic (exact) mass is 353 g/mol. The molecule has 0 aromatic heterocycles. The SMILES string of the molecule is CN(C)C=C(Oc1ccc(Cl)cc1)C(=O)c1ccc(Cl)cc1F. The average molecular weight is 354 g/mol. The van der Waals surface area contributed by atoms with Gasteiger partial charge in [0.15, 0.2) is 5.76 Å². The van der Waals surface area contributed by atoms with Crippen LogP contribution < -0.4 is 4.74 Å². The standard InChI is InChI=1S/C17H14Cl2FNO2/c1-21(2)10-16(23-13-6-3-11(18)4-7-13)17(22)14-8-5-12(19)9-15(14)20/h3-10H,1-2H3. The van der Waals surface area contributed by atoms with Crippen molar-refractivity contribution >= 4 is 29.0 Å². The van der Waals surface area contributed by atoms with Crippen molar-refractivity contribution in [3.8, 4) is 5.75 Å². The summed E-state index contributed by atoms with van der Waals surface area (Å²) < 4.78 is 19.6. The number of hydrogen-bond acceptors (Lipinski definition) is 3. The molecule has 0 spiro atoms. The molecule has 0 aliphatic rings. The molecule has 120 valence electrons. The Bertz CT molecular complexity index is 743. The lowest BCUT2D eigenvalue weighted by molar-refractivity contribution is 0.0978. The van der Waals surface area contributed by atoms with Gasteiger partial charge in [-0.25, -0.2) is 4.39 Å². The van der Waals surface area contributed by atoms with Crippen LogP contribution in [0, 0.1) is 5.82 Å². The molecule has 0 amide bonds. The average Bonchev–Trinajstić information content (AvgIpc) is 2.48. The van der Waals surface area contributed by atoms with Gasteiger partial charge in [0, 0.05) is 30.3 Å². The minimum absolute atomic E-state index is 0.0152. The molecule has 2 aromatic carbocycles. The molecule has 0 saturated carbocycles. The fourth-order valence-electron chi connectivity index (χ4n) is 1.80. The number of ketones is 1. The molecule has 0 aliphatic carbocycles. The van der Waals surface area contributed by atoms with Gasteiger partial charge < -0.3 is 9.64 Å². The summed E-state index contributed by atoms with van der Waals surface area (Å²) in [7, 11) is 3.47. The van der Waals surface area contributed by atoms with E-state index in [0.717, 1.165) is 6.07 Å². The number of hydrogen-bond donors (Lipinski definition) is 0. The molecule has 0 aliphatic heterocycles. The van der Waals surface area contributed by atoms with Crippen LogP contribution in [0.2, 0.25) is 10.0 Å². The predicted octanol–water partition coefficient (Wildman–Crippen LogP) is 4.80. The Morgan fingerprint density at radius 1 is 1.09 bits per heavy atom. The first-order valence-electron chi connectivity index (χ1n) is 6.68. The first-order valence-corrected chi connectivity index (χ1v) is 7.44. The van der Waals surface area contributed by atoms with Crippen LogP contribution in [-0.2, 0) is 0 Å². The number of nitrogens with zero attached hydrogens (tertiary/aromatic N) is 1. The number of carbonyl (C=O) groups excluding carboxylic acids is 1. The van der Waals surface area contributed by atoms with Crippen LogP contribution in [-0.4, -0.2) is 24.8 Å². The van der Waals surface area contributed by atoms with Crippen molar-refractivity contribution in [2.24, 2.45) is 0 Å². The molecule has 0 N–H and O–H groups in total. The van der Waals surface area contributed by atoms with Gasteiger partial charge in [-0.15, -0.1) is 0 Å². The Kier molecular flexibility index (Phi) is 5.64. The first kappa shape index (κ1) is 17.3. The van der Waals surface area contributed by atoms with Crippen molar-refractivity contribution in [3.63, 3.8) is 0 Å². The Hall–Kier alpha value is -2.04. The summed E-state index contributed by atoms with van der Waals surface area (Å²) in [6, 6.07) is 10.4. The summed E-state index contributed by atoms with van der Waals surface area (Å²) in [6.07, 6.45) is 1.48. The predicted molar refractivity (Wildman–Crippen MR) is 89.6 cm³/mol. The van der Waals surface area contributed by atoms with Crippen LogP contribution in [0.15, 0.2) is 54.4 Å². The molecule has 6 heteroatoms. The smallest absolute Gasteiger partial charge is 0.232 e. The van der Waals surface area contributed by atoms with Gasteiger partial charge in [0.2, 0.25) is 5.78 Å². The number of allylic oxidation sites excluding steroid dienone is 1. The van der Waals surface area contributed by atoms with Gasteiger partial charge in [-0.05, 0) is 42.5 Å². The van der Waals surface area contributed by atoms with Gasteiger partial charge in [-0.2, -0.15) is 0 Å². The summed E-state index contributed by atoms with van der Waals surface area (Å²) >= 11 is 11.5. The summed E-state index contributed by atoms with van der Waals surface area (Å²) in [5.74, 6) is -0.876. The molecule has 0 fully saturated rings. The fraction of sp³-hybridized carbons (Fsp3) is 0.118. The van der Waals surface area contributed by atoms with Crippen molar-refractivity contribution in [1.29, 1.82) is 0 Å². The second-order valence-electron chi connectivity index (χ2n) is 4.97. The zero-order valence-corrected chi connectivity index (χ0v) is 14.0. The van der Waals surface area contributed by atoms with Gasteiger partial charge >= 0.3 is 0 Å². The van der Waals surface area contributed by atoms with Crippen LogP contribution in [0.1, 0.15) is 10.4 Å². The van der Waals surface area contributed by atoms with Crippen molar-refractivity contribution in [1.82, 2.24) is 4.90 Å². The van der Waals surface area contributed by atoms with E-state index >= 15 is 0 Å². The van der Waals surface area contributed by atoms with Crippen LogP contribution in [0.25, 0.3) is 0 Å². The fourth-order valence-corrected chi connectivity index (χ4v) is 2.09. The lowest BCUT2D eigenvalue weighted by Gasteiger charge is -2.13. The van der Waals surface area contributed by atoms with Gasteiger partial charge in [0.25, 0.3) is 0 Å². The van der Waals surface area contributed by atoms with Gasteiger partial charge in [0.1, 0.15) is 11.6 Å². The number of halogens is 3. The highest BCUT2D eigenvalue weighted by Crippen LogP contribution is 2.22. The number of carbonyl (C=O) groups is 1. The van der Waals surface area contributed by atoms with Crippen LogP contribution in [0.5, 0.6) is 5.75 Å². The summed E-state index contributed by atoms with van der Waals surface area (Å²) in [5.41, 5.74) is -0.114. The van der Waals surface area contributed by atoms with E-state index in [4.69, 9.17) is 27.9 Å². The van der Waals surface area contributed by atoms with Crippen molar-refractivity contribution in [2.75, 3.05) is 14.1 Å². The topological polar surface area (TPSA) is 29.5 Å². The van der Waals surface area contributed by atoms with Crippen LogP contribution in [0.3, 0.4) is 0 Å². The minimum Gasteiger partial charge on any atom is -0.452 e. The van der Waals surface area contributed by atoms with Gasteiger partial charge in [-0.3, -0.25) is 4.79 Å². The van der Waals surface area contributed by atoms with Crippen molar-refractivity contribution in [2.45, 2.75) is 0 Å².